The minimum Gasteiger partial charge on any atom is -0.486 e. The Morgan fingerprint density at radius 1 is 0.646 bits per heavy atom. The summed E-state index contributed by atoms with van der Waals surface area (Å²) in [5.74, 6) is 1.60. The normalized spacial score (nSPS) is 11.2. The zero-order chi connectivity index (χ0) is 33.1. The quantitative estimate of drug-likeness (QED) is 0.157. The van der Waals surface area contributed by atoms with Crippen LogP contribution in [0.25, 0.3) is 55.8 Å². The Kier molecular flexibility index (Phi) is 11.0. The van der Waals surface area contributed by atoms with Gasteiger partial charge in [-0.05, 0) is 84.8 Å². The van der Waals surface area contributed by atoms with Gasteiger partial charge in [0.15, 0.2) is 0 Å². The maximum Gasteiger partial charge on any atom is 0.216 e. The first kappa shape index (κ1) is 34.9. The monoisotopic (exact) mass is 808 g/mol. The van der Waals surface area contributed by atoms with Gasteiger partial charge in [0.1, 0.15) is 0 Å². The van der Waals surface area contributed by atoms with Crippen LogP contribution in [0.1, 0.15) is 55.9 Å². The smallest absolute Gasteiger partial charge is 0.216 e. The third-order valence-corrected chi connectivity index (χ3v) is 8.89. The molecule has 0 aliphatic carbocycles. The molecule has 0 aliphatic heterocycles. The van der Waals surface area contributed by atoms with Gasteiger partial charge in [-0.15, -0.1) is 54.1 Å². The van der Waals surface area contributed by atoms with Gasteiger partial charge in [-0.2, -0.15) is 0 Å². The van der Waals surface area contributed by atoms with Crippen LogP contribution in [0.2, 0.25) is 0 Å². The number of hydrogen-bond acceptors (Lipinski definition) is 4. The fraction of sp³-hybridized carbons (Fsp3) is 0.233. The topological polar surface area (TPSA) is 51.8 Å². The van der Waals surface area contributed by atoms with Crippen molar-refractivity contribution >= 4 is 22.1 Å². The Morgan fingerprint density at radius 2 is 1.40 bits per heavy atom. The van der Waals surface area contributed by atoms with Gasteiger partial charge in [0, 0.05) is 43.4 Å². The average Bonchev–Trinajstić information content (AvgIpc) is 3.45. The molecule has 0 unspecified atom stereocenters. The van der Waals surface area contributed by atoms with E-state index in [4.69, 9.17) is 14.4 Å². The summed E-state index contributed by atoms with van der Waals surface area (Å²) in [5.41, 5.74) is 12.3. The molecule has 0 N–H and O–H groups in total. The largest absolute Gasteiger partial charge is 0.486 e. The van der Waals surface area contributed by atoms with E-state index in [1.807, 2.05) is 48.5 Å². The molecule has 4 aromatic heterocycles. The molecule has 4 nitrogen and oxygen atoms in total. The summed E-state index contributed by atoms with van der Waals surface area (Å²) < 4.78 is 6.39. The van der Waals surface area contributed by atoms with Gasteiger partial charge in [-0.25, -0.2) is 4.98 Å². The predicted molar refractivity (Wildman–Crippen MR) is 194 cm³/mol. The number of aryl methyl sites for hydroxylation is 3. The Labute approximate surface area is 298 Å². The molecule has 0 spiro atoms. The number of benzene rings is 3. The summed E-state index contributed by atoms with van der Waals surface area (Å²) in [6.45, 7) is 15.6. The first-order valence-electron chi connectivity index (χ1n) is 16.4. The van der Waals surface area contributed by atoms with Crippen molar-refractivity contribution in [2.45, 2.75) is 54.4 Å². The molecule has 48 heavy (non-hydrogen) atoms. The molecule has 0 saturated carbocycles. The van der Waals surface area contributed by atoms with E-state index in [1.54, 1.807) is 6.20 Å². The maximum absolute atomic E-state index is 6.39. The Hall–Kier alpha value is -4.44. The standard InChI is InChI=1S/C32H33N2O.C11H8N.Ir/c1-18(2)29(19(3)4)26-17-33-28(16-22(26)7)25-13-9-12-23-24-14-15-27(34-32(24)35-31(23)25)30-20(5)10-8-11-21(30)6;1-2-6-10(7-3-1)11-8-4-5-9-12-11;/h8-12,14-19,29H,1-7H3;1-6,8-9H;/q2*-1;. The van der Waals surface area contributed by atoms with Crippen molar-refractivity contribution in [1.29, 1.82) is 0 Å². The third-order valence-electron chi connectivity index (χ3n) is 8.89. The summed E-state index contributed by atoms with van der Waals surface area (Å²) in [4.78, 5) is 14.0. The molecule has 0 fully saturated rings. The second-order valence-corrected chi connectivity index (χ2v) is 12.9. The van der Waals surface area contributed by atoms with Gasteiger partial charge in [0.05, 0.1) is 11.3 Å². The SMILES string of the molecule is Cc1cc(-c2[c-]ccc3c2oc2nc(-c4c(C)cccc4C)ccc23)ncc1C(C(C)C)C(C)C.[Ir].[c-]1ccccc1-c1ccccn1. The molecular formula is C43H41IrN3O-2. The Balaban J connectivity index is 0.000000291. The van der Waals surface area contributed by atoms with Gasteiger partial charge in [-0.3, -0.25) is 0 Å². The first-order chi connectivity index (χ1) is 22.7. The van der Waals surface area contributed by atoms with Crippen LogP contribution in [0.3, 0.4) is 0 Å². The summed E-state index contributed by atoms with van der Waals surface area (Å²) in [6.07, 6.45) is 3.85. The summed E-state index contributed by atoms with van der Waals surface area (Å²) in [5, 5.41) is 2.05. The van der Waals surface area contributed by atoms with Crippen LogP contribution >= 0.6 is 0 Å². The van der Waals surface area contributed by atoms with E-state index in [2.05, 4.69) is 114 Å². The van der Waals surface area contributed by atoms with Crippen molar-refractivity contribution in [2.24, 2.45) is 11.8 Å². The molecule has 0 amide bonds. The van der Waals surface area contributed by atoms with Crippen LogP contribution in [0.4, 0.5) is 0 Å². The van der Waals surface area contributed by atoms with Crippen molar-refractivity contribution in [1.82, 2.24) is 15.0 Å². The molecule has 1 radical (unpaired) electrons. The van der Waals surface area contributed by atoms with E-state index < -0.39 is 0 Å². The van der Waals surface area contributed by atoms with Crippen LogP contribution in [0.5, 0.6) is 0 Å². The zero-order valence-electron chi connectivity index (χ0n) is 28.6. The second-order valence-electron chi connectivity index (χ2n) is 12.9. The van der Waals surface area contributed by atoms with E-state index in [0.717, 1.165) is 44.6 Å². The minimum atomic E-state index is 0. The van der Waals surface area contributed by atoms with Crippen molar-refractivity contribution in [3.05, 3.63) is 138 Å². The zero-order valence-corrected chi connectivity index (χ0v) is 31.0. The fourth-order valence-electron chi connectivity index (χ4n) is 6.79. The maximum atomic E-state index is 6.39. The number of pyridine rings is 3. The van der Waals surface area contributed by atoms with Crippen LogP contribution in [0, 0.1) is 44.7 Å². The summed E-state index contributed by atoms with van der Waals surface area (Å²) in [6, 6.07) is 37.0. The molecule has 4 heterocycles. The molecular weight excluding hydrogens is 767 g/mol. The molecule has 0 bridgehead atoms. The Morgan fingerprint density at radius 3 is 2.04 bits per heavy atom. The number of furan rings is 1. The van der Waals surface area contributed by atoms with Crippen molar-refractivity contribution in [3.8, 4) is 33.8 Å². The van der Waals surface area contributed by atoms with Crippen molar-refractivity contribution in [3.63, 3.8) is 0 Å². The predicted octanol–water partition coefficient (Wildman–Crippen LogP) is 11.4. The van der Waals surface area contributed by atoms with Crippen molar-refractivity contribution < 1.29 is 24.5 Å². The molecule has 245 valence electrons. The molecule has 5 heteroatoms. The van der Waals surface area contributed by atoms with Gasteiger partial charge in [0.2, 0.25) is 5.71 Å². The van der Waals surface area contributed by atoms with E-state index in [0.29, 0.717) is 23.5 Å². The van der Waals surface area contributed by atoms with Crippen molar-refractivity contribution in [2.75, 3.05) is 0 Å². The molecule has 3 aromatic carbocycles. The summed E-state index contributed by atoms with van der Waals surface area (Å²) >= 11 is 0. The van der Waals surface area contributed by atoms with Crippen LogP contribution < -0.4 is 0 Å². The van der Waals surface area contributed by atoms with E-state index >= 15 is 0 Å². The molecule has 7 rings (SSSR count). The van der Waals surface area contributed by atoms with Gasteiger partial charge >= 0.3 is 0 Å². The van der Waals surface area contributed by atoms with Crippen LogP contribution in [-0.4, -0.2) is 15.0 Å². The van der Waals surface area contributed by atoms with E-state index in [1.165, 1.54) is 27.8 Å². The first-order valence-corrected chi connectivity index (χ1v) is 16.4. The van der Waals surface area contributed by atoms with Gasteiger partial charge in [-0.1, -0.05) is 80.6 Å². The molecule has 0 saturated heterocycles. The minimum absolute atomic E-state index is 0. The number of rotatable bonds is 6. The van der Waals surface area contributed by atoms with Crippen LogP contribution in [-0.2, 0) is 20.1 Å². The molecule has 0 aliphatic rings. The van der Waals surface area contributed by atoms with E-state index in [-0.39, 0.29) is 20.1 Å². The van der Waals surface area contributed by atoms with Gasteiger partial charge in [0.25, 0.3) is 0 Å². The number of hydrogen-bond donors (Lipinski definition) is 0. The second kappa shape index (κ2) is 15.2. The molecule has 0 atom stereocenters. The van der Waals surface area contributed by atoms with Gasteiger partial charge < -0.3 is 14.4 Å². The Bertz CT molecular complexity index is 2070. The summed E-state index contributed by atoms with van der Waals surface area (Å²) in [7, 11) is 0. The number of nitrogens with zero attached hydrogens (tertiary/aromatic N) is 3. The number of aromatic nitrogens is 3. The fourth-order valence-corrected chi connectivity index (χ4v) is 6.79. The van der Waals surface area contributed by atoms with Crippen LogP contribution in [0.15, 0.2) is 108 Å². The molecule has 7 aromatic rings. The third kappa shape index (κ3) is 7.18. The average molecular weight is 808 g/mol. The number of fused-ring (bicyclic) bond motifs is 3. The van der Waals surface area contributed by atoms with E-state index in [9.17, 15) is 0 Å².